The summed E-state index contributed by atoms with van der Waals surface area (Å²) >= 11 is 1.64. The molecule has 1 aromatic heterocycles. The summed E-state index contributed by atoms with van der Waals surface area (Å²) in [4.78, 5) is 28.4. The maximum Gasteiger partial charge on any atom is 0.254 e. The van der Waals surface area contributed by atoms with E-state index in [-0.39, 0.29) is 17.6 Å². The van der Waals surface area contributed by atoms with Crippen LogP contribution in [0.5, 0.6) is 0 Å². The first-order chi connectivity index (χ1) is 11.7. The topological polar surface area (TPSA) is 37.4 Å². The zero-order chi connectivity index (χ0) is 16.9. The lowest BCUT2D eigenvalue weighted by molar-refractivity contribution is -0.123. The zero-order valence-electron chi connectivity index (χ0n) is 14.0. The van der Waals surface area contributed by atoms with E-state index in [1.807, 2.05) is 46.7 Å². The highest BCUT2D eigenvalue weighted by molar-refractivity contribution is 7.10. The summed E-state index contributed by atoms with van der Waals surface area (Å²) in [7, 11) is 0. The molecule has 3 rings (SSSR count). The molecule has 1 unspecified atom stereocenters. The minimum absolute atomic E-state index is 0.0350. The molecule has 0 aliphatic carbocycles. The zero-order valence-corrected chi connectivity index (χ0v) is 14.8. The van der Waals surface area contributed by atoms with Gasteiger partial charge in [0.25, 0.3) is 5.91 Å². The third kappa shape index (κ3) is 3.93. The lowest BCUT2D eigenvalue weighted by Gasteiger charge is -2.32. The van der Waals surface area contributed by atoms with Crippen LogP contribution in [0.2, 0.25) is 0 Å². The van der Waals surface area contributed by atoms with Gasteiger partial charge in [-0.05, 0) is 30.9 Å². The lowest BCUT2D eigenvalue weighted by atomic mass is 9.90. The average Bonchev–Trinajstić information content (AvgIpc) is 3.11. The van der Waals surface area contributed by atoms with Crippen LogP contribution in [0.25, 0.3) is 0 Å². The standard InChI is InChI=1S/C20H23NO2S/c1-2-18-12-17(14-24-18)20(23)21-10-6-9-16(13-21)19(22)11-15-7-4-3-5-8-15/h3-5,7-8,12,14,16H,2,6,9-11,13H2,1H3. The van der Waals surface area contributed by atoms with Gasteiger partial charge in [0.05, 0.1) is 5.56 Å². The van der Waals surface area contributed by atoms with E-state index in [9.17, 15) is 9.59 Å². The predicted octanol–water partition coefficient (Wildman–Crippen LogP) is 3.97. The number of carbonyl (C=O) groups is 2. The van der Waals surface area contributed by atoms with Crippen molar-refractivity contribution in [3.63, 3.8) is 0 Å². The molecule has 24 heavy (non-hydrogen) atoms. The molecule has 0 saturated carbocycles. The molecule has 2 heterocycles. The van der Waals surface area contributed by atoms with Crippen LogP contribution in [0, 0.1) is 5.92 Å². The second kappa shape index (κ2) is 7.75. The van der Waals surface area contributed by atoms with Gasteiger partial charge < -0.3 is 4.90 Å². The van der Waals surface area contributed by atoms with Crippen molar-refractivity contribution in [3.8, 4) is 0 Å². The van der Waals surface area contributed by atoms with Gasteiger partial charge in [-0.25, -0.2) is 0 Å². The molecule has 0 spiro atoms. The van der Waals surface area contributed by atoms with Crippen molar-refractivity contribution in [1.82, 2.24) is 4.90 Å². The van der Waals surface area contributed by atoms with Gasteiger partial charge in [0.15, 0.2) is 0 Å². The molecule has 4 heteroatoms. The number of carbonyl (C=O) groups excluding carboxylic acids is 2. The normalized spacial score (nSPS) is 17.7. The minimum Gasteiger partial charge on any atom is -0.338 e. The van der Waals surface area contributed by atoms with Crippen molar-refractivity contribution >= 4 is 23.0 Å². The van der Waals surface area contributed by atoms with E-state index in [0.717, 1.165) is 36.9 Å². The number of amides is 1. The highest BCUT2D eigenvalue weighted by Crippen LogP contribution is 2.23. The van der Waals surface area contributed by atoms with Gasteiger partial charge in [0, 0.05) is 35.7 Å². The molecule has 0 N–H and O–H groups in total. The van der Waals surface area contributed by atoms with E-state index in [4.69, 9.17) is 0 Å². The van der Waals surface area contributed by atoms with Crippen LogP contribution in [0.1, 0.15) is 40.6 Å². The number of hydrogen-bond donors (Lipinski definition) is 0. The van der Waals surface area contributed by atoms with Gasteiger partial charge in [0.2, 0.25) is 0 Å². The van der Waals surface area contributed by atoms with E-state index in [1.165, 1.54) is 4.88 Å². The Bertz CT molecular complexity index is 707. The number of Topliss-reactive ketones (excluding diaryl/α,β-unsaturated/α-hetero) is 1. The van der Waals surface area contributed by atoms with Crippen molar-refractivity contribution in [3.05, 3.63) is 57.8 Å². The molecule has 2 aromatic rings. The van der Waals surface area contributed by atoms with Gasteiger partial charge in [0.1, 0.15) is 5.78 Å². The van der Waals surface area contributed by atoms with Crippen LogP contribution in [0.15, 0.2) is 41.8 Å². The Kier molecular flexibility index (Phi) is 5.46. The summed E-state index contributed by atoms with van der Waals surface area (Å²) < 4.78 is 0. The second-order valence-corrected chi connectivity index (χ2v) is 7.37. The van der Waals surface area contributed by atoms with Crippen LogP contribution < -0.4 is 0 Å². The van der Waals surface area contributed by atoms with Crippen molar-refractivity contribution in [2.24, 2.45) is 5.92 Å². The Morgan fingerprint density at radius 2 is 2.04 bits per heavy atom. The van der Waals surface area contributed by atoms with E-state index >= 15 is 0 Å². The Labute approximate surface area is 147 Å². The third-order valence-electron chi connectivity index (χ3n) is 4.63. The van der Waals surface area contributed by atoms with Crippen LogP contribution in [-0.2, 0) is 17.6 Å². The summed E-state index contributed by atoms with van der Waals surface area (Å²) in [6.07, 6.45) is 3.21. The molecule has 1 atom stereocenters. The van der Waals surface area contributed by atoms with E-state index in [0.29, 0.717) is 13.0 Å². The Morgan fingerprint density at radius 1 is 1.25 bits per heavy atom. The molecule has 1 aliphatic rings. The molecule has 126 valence electrons. The van der Waals surface area contributed by atoms with Crippen LogP contribution in [0.4, 0.5) is 0 Å². The fourth-order valence-electron chi connectivity index (χ4n) is 3.23. The number of likely N-dealkylation sites (tertiary alicyclic amines) is 1. The number of ketones is 1. The maximum atomic E-state index is 12.7. The second-order valence-electron chi connectivity index (χ2n) is 6.37. The molecule has 1 amide bonds. The number of benzene rings is 1. The number of rotatable bonds is 5. The highest BCUT2D eigenvalue weighted by Gasteiger charge is 2.29. The molecule has 1 fully saturated rings. The average molecular weight is 341 g/mol. The monoisotopic (exact) mass is 341 g/mol. The van der Waals surface area contributed by atoms with Crippen molar-refractivity contribution < 1.29 is 9.59 Å². The fraction of sp³-hybridized carbons (Fsp3) is 0.400. The van der Waals surface area contributed by atoms with Gasteiger partial charge in [-0.15, -0.1) is 11.3 Å². The quantitative estimate of drug-likeness (QED) is 0.825. The maximum absolute atomic E-state index is 12.7. The fourth-order valence-corrected chi connectivity index (χ4v) is 4.04. The van der Waals surface area contributed by atoms with Gasteiger partial charge in [-0.1, -0.05) is 37.3 Å². The lowest BCUT2D eigenvalue weighted by Crippen LogP contribution is -2.42. The first-order valence-electron chi connectivity index (χ1n) is 8.60. The first kappa shape index (κ1) is 16.9. The van der Waals surface area contributed by atoms with E-state index in [2.05, 4.69) is 6.92 Å². The number of aryl methyl sites for hydroxylation is 1. The Hall–Kier alpha value is -1.94. The molecule has 1 aliphatic heterocycles. The molecule has 0 bridgehead atoms. The number of hydrogen-bond acceptors (Lipinski definition) is 3. The molecular weight excluding hydrogens is 318 g/mol. The highest BCUT2D eigenvalue weighted by atomic mass is 32.1. The summed E-state index contributed by atoms with van der Waals surface area (Å²) in [5, 5.41) is 1.94. The van der Waals surface area contributed by atoms with Crippen LogP contribution >= 0.6 is 11.3 Å². The van der Waals surface area contributed by atoms with Crippen molar-refractivity contribution in [2.45, 2.75) is 32.6 Å². The molecule has 3 nitrogen and oxygen atoms in total. The third-order valence-corrected chi connectivity index (χ3v) is 5.72. The molecular formula is C20H23NO2S. The number of thiophene rings is 1. The van der Waals surface area contributed by atoms with E-state index in [1.54, 1.807) is 11.3 Å². The van der Waals surface area contributed by atoms with Crippen LogP contribution in [0.3, 0.4) is 0 Å². The van der Waals surface area contributed by atoms with Gasteiger partial charge in [-0.2, -0.15) is 0 Å². The first-order valence-corrected chi connectivity index (χ1v) is 9.48. The molecule has 1 aromatic carbocycles. The largest absolute Gasteiger partial charge is 0.338 e. The molecule has 1 saturated heterocycles. The molecule has 0 radical (unpaired) electrons. The van der Waals surface area contributed by atoms with Crippen LogP contribution in [-0.4, -0.2) is 29.7 Å². The Morgan fingerprint density at radius 3 is 2.75 bits per heavy atom. The number of nitrogens with zero attached hydrogens (tertiary/aromatic N) is 1. The predicted molar refractivity (Wildman–Crippen MR) is 97.5 cm³/mol. The Balaban J connectivity index is 1.63. The minimum atomic E-state index is -0.0350. The summed E-state index contributed by atoms with van der Waals surface area (Å²) in [5.74, 6) is 0.286. The summed E-state index contributed by atoms with van der Waals surface area (Å²) in [5.41, 5.74) is 1.82. The summed E-state index contributed by atoms with van der Waals surface area (Å²) in [6.45, 7) is 3.41. The van der Waals surface area contributed by atoms with Crippen molar-refractivity contribution in [1.29, 1.82) is 0 Å². The smallest absolute Gasteiger partial charge is 0.254 e. The van der Waals surface area contributed by atoms with Gasteiger partial charge >= 0.3 is 0 Å². The number of piperidine rings is 1. The van der Waals surface area contributed by atoms with E-state index < -0.39 is 0 Å². The van der Waals surface area contributed by atoms with Gasteiger partial charge in [-0.3, -0.25) is 9.59 Å². The van der Waals surface area contributed by atoms with Crippen molar-refractivity contribution in [2.75, 3.05) is 13.1 Å². The summed E-state index contributed by atoms with van der Waals surface area (Å²) in [6, 6.07) is 11.8. The SMILES string of the molecule is CCc1cc(C(=O)N2CCCC(C(=O)Cc3ccccc3)C2)cs1.